The topological polar surface area (TPSA) is 59.7 Å². The lowest BCUT2D eigenvalue weighted by Crippen LogP contribution is -2.50. The molecule has 0 aliphatic carbocycles. The Morgan fingerprint density at radius 3 is 2.33 bits per heavy atom. The molecular weight excluding hydrogens is 411 g/mol. The SMILES string of the molecule is CCC(F)(F)C1=NC(c2ccnn2C)CC(=O)N1c1ccc(OCC(F)(F)F)cc1. The Morgan fingerprint density at radius 1 is 1.13 bits per heavy atom. The molecular formula is C19H19F5N4O2. The number of hydrogen-bond donors (Lipinski definition) is 0. The van der Waals surface area contributed by atoms with E-state index in [1.807, 2.05) is 0 Å². The molecule has 1 unspecified atom stereocenters. The van der Waals surface area contributed by atoms with Crippen molar-refractivity contribution in [3.8, 4) is 5.75 Å². The number of alkyl halides is 5. The van der Waals surface area contributed by atoms with Crippen LogP contribution in [-0.4, -0.2) is 40.2 Å². The summed E-state index contributed by atoms with van der Waals surface area (Å²) in [7, 11) is 1.62. The van der Waals surface area contributed by atoms with Crippen LogP contribution >= 0.6 is 0 Å². The molecule has 0 N–H and O–H groups in total. The minimum atomic E-state index is -4.51. The molecule has 1 atom stereocenters. The number of rotatable bonds is 6. The minimum Gasteiger partial charge on any atom is -0.484 e. The van der Waals surface area contributed by atoms with E-state index in [1.165, 1.54) is 42.1 Å². The van der Waals surface area contributed by atoms with Crippen molar-refractivity contribution in [3.63, 3.8) is 0 Å². The van der Waals surface area contributed by atoms with Crippen LogP contribution in [0.3, 0.4) is 0 Å². The Bertz CT molecular complexity index is 937. The fraction of sp³-hybridized carbons (Fsp3) is 0.421. The van der Waals surface area contributed by atoms with Gasteiger partial charge in [-0.15, -0.1) is 0 Å². The van der Waals surface area contributed by atoms with Gasteiger partial charge in [-0.1, -0.05) is 6.92 Å². The highest BCUT2D eigenvalue weighted by Gasteiger charge is 2.44. The van der Waals surface area contributed by atoms with Crippen molar-refractivity contribution in [2.45, 2.75) is 37.9 Å². The van der Waals surface area contributed by atoms with E-state index in [2.05, 4.69) is 14.8 Å². The molecule has 0 saturated heterocycles. The van der Waals surface area contributed by atoms with Crippen LogP contribution in [0.25, 0.3) is 0 Å². The monoisotopic (exact) mass is 430 g/mol. The van der Waals surface area contributed by atoms with Gasteiger partial charge in [-0.25, -0.2) is 0 Å². The quantitative estimate of drug-likeness (QED) is 0.643. The number of anilines is 1. The van der Waals surface area contributed by atoms with Crippen molar-refractivity contribution in [1.82, 2.24) is 9.78 Å². The molecule has 30 heavy (non-hydrogen) atoms. The first kappa shape index (κ1) is 21.7. The van der Waals surface area contributed by atoms with Crippen LogP contribution in [0.2, 0.25) is 0 Å². The van der Waals surface area contributed by atoms with Crippen LogP contribution in [0.1, 0.15) is 31.5 Å². The average molecular weight is 430 g/mol. The Hall–Kier alpha value is -2.98. The predicted octanol–water partition coefficient (Wildman–Crippen LogP) is 4.28. The van der Waals surface area contributed by atoms with Crippen LogP contribution in [0.15, 0.2) is 41.5 Å². The zero-order chi connectivity index (χ0) is 22.1. The fourth-order valence-electron chi connectivity index (χ4n) is 3.05. The number of amidine groups is 1. The van der Waals surface area contributed by atoms with Crippen molar-refractivity contribution >= 4 is 17.4 Å². The molecule has 0 radical (unpaired) electrons. The number of hydrogen-bond acceptors (Lipinski definition) is 4. The summed E-state index contributed by atoms with van der Waals surface area (Å²) in [6.45, 7) is -0.213. The zero-order valence-corrected chi connectivity index (χ0v) is 16.2. The number of carbonyl (C=O) groups is 1. The Balaban J connectivity index is 1.94. The van der Waals surface area contributed by atoms with Gasteiger partial charge >= 0.3 is 12.1 Å². The second-order valence-corrected chi connectivity index (χ2v) is 6.74. The molecule has 0 fully saturated rings. The number of carbonyl (C=O) groups excluding carboxylic acids is 1. The molecule has 0 saturated carbocycles. The van der Waals surface area contributed by atoms with E-state index in [0.29, 0.717) is 5.69 Å². The first-order chi connectivity index (χ1) is 14.0. The second kappa shape index (κ2) is 8.04. The summed E-state index contributed by atoms with van der Waals surface area (Å²) < 4.78 is 72.3. The Morgan fingerprint density at radius 2 is 1.80 bits per heavy atom. The van der Waals surface area contributed by atoms with Gasteiger partial charge in [0.1, 0.15) is 11.8 Å². The van der Waals surface area contributed by atoms with E-state index < -0.39 is 42.9 Å². The van der Waals surface area contributed by atoms with Gasteiger partial charge in [-0.2, -0.15) is 27.1 Å². The van der Waals surface area contributed by atoms with E-state index in [4.69, 9.17) is 0 Å². The van der Waals surface area contributed by atoms with Crippen LogP contribution in [0.5, 0.6) is 5.75 Å². The van der Waals surface area contributed by atoms with Gasteiger partial charge in [0.05, 0.1) is 17.8 Å². The third-order valence-electron chi connectivity index (χ3n) is 4.58. The van der Waals surface area contributed by atoms with Gasteiger partial charge in [-0.3, -0.25) is 19.4 Å². The zero-order valence-electron chi connectivity index (χ0n) is 16.2. The van der Waals surface area contributed by atoms with Gasteiger partial charge in [-0.05, 0) is 30.3 Å². The van der Waals surface area contributed by atoms with E-state index in [1.54, 1.807) is 13.1 Å². The minimum absolute atomic E-state index is 0.0645. The van der Waals surface area contributed by atoms with Crippen molar-refractivity contribution in [1.29, 1.82) is 0 Å². The third-order valence-corrected chi connectivity index (χ3v) is 4.58. The van der Waals surface area contributed by atoms with E-state index in [0.717, 1.165) is 4.90 Å². The first-order valence-electron chi connectivity index (χ1n) is 9.08. The Kier molecular flexibility index (Phi) is 5.82. The van der Waals surface area contributed by atoms with E-state index in [-0.39, 0.29) is 17.9 Å². The van der Waals surface area contributed by atoms with Crippen LogP contribution in [-0.2, 0) is 11.8 Å². The molecule has 1 amide bonds. The molecule has 3 rings (SSSR count). The summed E-state index contributed by atoms with van der Waals surface area (Å²) in [6.07, 6.45) is -3.76. The number of halogens is 5. The maximum Gasteiger partial charge on any atom is 0.422 e. The van der Waals surface area contributed by atoms with Gasteiger partial charge in [0, 0.05) is 19.7 Å². The fourth-order valence-corrected chi connectivity index (χ4v) is 3.05. The standard InChI is InChI=1S/C19H19F5N4O2/c1-3-18(20,21)17-26-14(15-8-9-25-27(15)2)10-16(29)28(17)12-4-6-13(7-5-12)30-11-19(22,23)24/h4-9,14H,3,10-11H2,1-2H3. The van der Waals surface area contributed by atoms with Gasteiger partial charge < -0.3 is 4.74 Å². The van der Waals surface area contributed by atoms with Crippen molar-refractivity contribution in [3.05, 3.63) is 42.2 Å². The number of aryl methyl sites for hydroxylation is 1. The summed E-state index contributed by atoms with van der Waals surface area (Å²) in [6, 6.07) is 5.64. The Labute approximate surface area is 168 Å². The van der Waals surface area contributed by atoms with Crippen LogP contribution in [0, 0.1) is 0 Å². The number of nitrogens with zero attached hydrogens (tertiary/aromatic N) is 4. The van der Waals surface area contributed by atoms with E-state index in [9.17, 15) is 26.7 Å². The molecule has 0 spiro atoms. The van der Waals surface area contributed by atoms with Crippen molar-refractivity contribution in [2.24, 2.45) is 12.0 Å². The lowest BCUT2D eigenvalue weighted by Gasteiger charge is -2.34. The summed E-state index contributed by atoms with van der Waals surface area (Å²) in [4.78, 5) is 17.8. The second-order valence-electron chi connectivity index (χ2n) is 6.74. The molecule has 6 nitrogen and oxygen atoms in total. The maximum absolute atomic E-state index is 14.7. The highest BCUT2D eigenvalue weighted by atomic mass is 19.4. The predicted molar refractivity (Wildman–Crippen MR) is 98.7 cm³/mol. The third kappa shape index (κ3) is 4.60. The van der Waals surface area contributed by atoms with Crippen LogP contribution in [0.4, 0.5) is 27.6 Å². The first-order valence-corrected chi connectivity index (χ1v) is 9.08. The molecule has 0 bridgehead atoms. The highest BCUT2D eigenvalue weighted by Crippen LogP contribution is 2.36. The summed E-state index contributed by atoms with van der Waals surface area (Å²) in [5.74, 6) is -4.81. The molecule has 11 heteroatoms. The molecule has 1 aromatic heterocycles. The molecule has 1 aliphatic heterocycles. The lowest BCUT2D eigenvalue weighted by molar-refractivity contribution is -0.153. The number of amides is 1. The number of aromatic nitrogens is 2. The smallest absolute Gasteiger partial charge is 0.422 e. The van der Waals surface area contributed by atoms with Gasteiger partial charge in [0.15, 0.2) is 12.4 Å². The lowest BCUT2D eigenvalue weighted by atomic mass is 10.0. The molecule has 1 aliphatic rings. The molecule has 2 aromatic rings. The largest absolute Gasteiger partial charge is 0.484 e. The number of aliphatic imine (C=N–C) groups is 1. The van der Waals surface area contributed by atoms with Crippen LogP contribution < -0.4 is 9.64 Å². The molecule has 1 aromatic carbocycles. The van der Waals surface area contributed by atoms with E-state index >= 15 is 0 Å². The van der Waals surface area contributed by atoms with Gasteiger partial charge in [0.25, 0.3) is 0 Å². The summed E-state index contributed by atoms with van der Waals surface area (Å²) in [5, 5.41) is 3.99. The number of benzene rings is 1. The molecule has 162 valence electrons. The highest BCUT2D eigenvalue weighted by molar-refractivity contribution is 6.20. The number of ether oxygens (including phenoxy) is 1. The van der Waals surface area contributed by atoms with Crippen molar-refractivity contribution < 1.29 is 31.5 Å². The normalized spacial score (nSPS) is 17.8. The summed E-state index contributed by atoms with van der Waals surface area (Å²) in [5.41, 5.74) is 0.581. The van der Waals surface area contributed by atoms with Crippen molar-refractivity contribution in [2.75, 3.05) is 11.5 Å². The average Bonchev–Trinajstić information content (AvgIpc) is 3.11. The maximum atomic E-state index is 14.7. The molecule has 2 heterocycles. The van der Waals surface area contributed by atoms with Gasteiger partial charge in [0.2, 0.25) is 5.91 Å². The summed E-state index contributed by atoms with van der Waals surface area (Å²) >= 11 is 0.